The van der Waals surface area contributed by atoms with Gasteiger partial charge in [-0.25, -0.2) is 0 Å². The van der Waals surface area contributed by atoms with Crippen LogP contribution in [0.1, 0.15) is 22.3 Å². The van der Waals surface area contributed by atoms with Crippen LogP contribution in [0.3, 0.4) is 0 Å². The van der Waals surface area contributed by atoms with Crippen LogP contribution >= 0.6 is 0 Å². The van der Waals surface area contributed by atoms with Crippen molar-refractivity contribution in [2.75, 3.05) is 14.2 Å². The van der Waals surface area contributed by atoms with Gasteiger partial charge >= 0.3 is 21.7 Å². The Balaban J connectivity index is 0.000000264. The fourth-order valence-corrected chi connectivity index (χ4v) is 4.00. The SMILES string of the molecule is C[O-].C[O-].C[SiH]C.[Ti+4].[c-]1cccc2c1Cc1ccccc1-2.[c-]1cccc2c1Cc1ccccc1-2. The zero-order chi connectivity index (χ0) is 24.1. The van der Waals surface area contributed by atoms with Crippen molar-refractivity contribution in [3.63, 3.8) is 0 Å². The minimum Gasteiger partial charge on any atom is -0.857 e. The maximum Gasteiger partial charge on any atom is 4.00 e. The van der Waals surface area contributed by atoms with Crippen molar-refractivity contribution in [2.45, 2.75) is 25.9 Å². The number of fused-ring (bicyclic) bond motifs is 6. The van der Waals surface area contributed by atoms with E-state index in [9.17, 15) is 0 Å². The first kappa shape index (κ1) is 29.8. The van der Waals surface area contributed by atoms with Crippen LogP contribution in [0.25, 0.3) is 22.3 Å². The topological polar surface area (TPSA) is 46.1 Å². The van der Waals surface area contributed by atoms with Crippen molar-refractivity contribution in [3.05, 3.63) is 119 Å². The normalized spacial score (nSPS) is 10.3. The molecule has 0 heterocycles. The Kier molecular flexibility index (Phi) is 14.3. The third-order valence-corrected chi connectivity index (χ3v) is 5.23. The summed E-state index contributed by atoms with van der Waals surface area (Å²) in [6.45, 7) is 4.42. The molecule has 171 valence electrons. The van der Waals surface area contributed by atoms with E-state index in [2.05, 4.69) is 98.0 Å². The summed E-state index contributed by atoms with van der Waals surface area (Å²) in [6.07, 6.45) is 2.10. The van der Waals surface area contributed by atoms with Gasteiger partial charge in [0.2, 0.25) is 0 Å². The van der Waals surface area contributed by atoms with Crippen LogP contribution < -0.4 is 10.2 Å². The third-order valence-electron chi connectivity index (χ3n) is 5.23. The Morgan fingerprint density at radius 3 is 1.26 bits per heavy atom. The minimum absolute atomic E-state index is 0. The van der Waals surface area contributed by atoms with Crippen LogP contribution in [0.2, 0.25) is 13.1 Å². The van der Waals surface area contributed by atoms with Crippen LogP contribution in [0, 0.1) is 12.1 Å². The van der Waals surface area contributed by atoms with Gasteiger partial charge in [0.15, 0.2) is 0 Å². The molecule has 0 fully saturated rings. The number of rotatable bonds is 0. The van der Waals surface area contributed by atoms with Crippen molar-refractivity contribution < 1.29 is 31.9 Å². The van der Waals surface area contributed by atoms with Crippen molar-refractivity contribution in [1.29, 1.82) is 0 Å². The van der Waals surface area contributed by atoms with E-state index < -0.39 is 0 Å². The molecule has 4 heteroatoms. The predicted molar refractivity (Wildman–Crippen MR) is 138 cm³/mol. The Bertz CT molecular complexity index is 952. The van der Waals surface area contributed by atoms with E-state index in [0.717, 1.165) is 36.6 Å². The maximum absolute atomic E-state index is 8.25. The Morgan fingerprint density at radius 2 is 0.882 bits per heavy atom. The van der Waals surface area contributed by atoms with Crippen LogP contribution in [0.4, 0.5) is 0 Å². The van der Waals surface area contributed by atoms with Gasteiger partial charge in [0.1, 0.15) is 0 Å². The van der Waals surface area contributed by atoms with Gasteiger partial charge in [-0.2, -0.15) is 73.9 Å². The summed E-state index contributed by atoms with van der Waals surface area (Å²) < 4.78 is 0. The van der Waals surface area contributed by atoms with E-state index in [4.69, 9.17) is 10.2 Å². The van der Waals surface area contributed by atoms with Crippen molar-refractivity contribution >= 4 is 9.52 Å². The third kappa shape index (κ3) is 7.36. The molecule has 1 radical (unpaired) electrons. The summed E-state index contributed by atoms with van der Waals surface area (Å²) >= 11 is 0. The smallest absolute Gasteiger partial charge is 0.857 e. The summed E-state index contributed by atoms with van der Waals surface area (Å²) in [5.74, 6) is 0. The molecule has 0 saturated carbocycles. The van der Waals surface area contributed by atoms with Gasteiger partial charge in [0.05, 0.1) is 0 Å². The molecule has 0 amide bonds. The van der Waals surface area contributed by atoms with Crippen molar-refractivity contribution in [3.8, 4) is 22.3 Å². The van der Waals surface area contributed by atoms with E-state index in [1.165, 1.54) is 44.5 Å². The molecule has 0 aromatic heterocycles. The summed E-state index contributed by atoms with van der Waals surface area (Å²) in [4.78, 5) is 0. The van der Waals surface area contributed by atoms with Crippen molar-refractivity contribution in [1.82, 2.24) is 0 Å². The molecule has 0 bridgehead atoms. The molecule has 2 aliphatic rings. The zero-order valence-electron chi connectivity index (χ0n) is 20.4. The van der Waals surface area contributed by atoms with E-state index in [1.54, 1.807) is 0 Å². The number of hydrogen-bond donors (Lipinski definition) is 0. The van der Waals surface area contributed by atoms with Crippen LogP contribution in [-0.2, 0) is 34.6 Å². The van der Waals surface area contributed by atoms with Gasteiger partial charge in [-0.05, 0) is 12.8 Å². The predicted octanol–water partition coefficient (Wildman–Crippen LogP) is 4.59. The second-order valence-electron chi connectivity index (χ2n) is 7.37. The first-order valence-electron chi connectivity index (χ1n) is 11.0. The summed E-state index contributed by atoms with van der Waals surface area (Å²) in [6, 6.07) is 36.2. The summed E-state index contributed by atoms with van der Waals surface area (Å²) in [5, 5.41) is 16.5. The van der Waals surface area contributed by atoms with Crippen LogP contribution in [0.15, 0.2) is 84.9 Å². The van der Waals surface area contributed by atoms with Crippen LogP contribution in [0.5, 0.6) is 0 Å². The van der Waals surface area contributed by atoms with Gasteiger partial charge in [-0.3, -0.25) is 0 Å². The zero-order valence-corrected chi connectivity index (χ0v) is 23.1. The standard InChI is InChI=1S/2C13H9.C2H7Si.2CH3O.Ti/c2*1-3-7-12-10(5-1)9-11-6-2-4-8-13(11)12;1-3-2;2*1-2;/h2*1-5,7-8H,9H2;3H,1-2H3;2*1H3;/q2*-1;;2*-1;+4. The van der Waals surface area contributed by atoms with E-state index >= 15 is 0 Å². The molecule has 0 saturated heterocycles. The van der Waals surface area contributed by atoms with Gasteiger partial charge in [-0.1, -0.05) is 83.9 Å². The minimum atomic E-state index is 0. The Hall–Kier alpha value is -2.27. The molecule has 4 aromatic carbocycles. The summed E-state index contributed by atoms with van der Waals surface area (Å²) in [7, 11) is 2.25. The Morgan fingerprint density at radius 1 is 0.559 bits per heavy atom. The fourth-order valence-electron chi connectivity index (χ4n) is 4.00. The average molecular weight is 500 g/mol. The molecule has 6 rings (SSSR count). The van der Waals surface area contributed by atoms with Gasteiger partial charge < -0.3 is 10.2 Å². The molecule has 0 N–H and O–H groups in total. The van der Waals surface area contributed by atoms with Gasteiger partial charge in [-0.15, -0.1) is 11.1 Å². The second kappa shape index (κ2) is 16.4. The molecule has 34 heavy (non-hydrogen) atoms. The maximum atomic E-state index is 8.25. The number of hydrogen-bond acceptors (Lipinski definition) is 2. The molecular weight excluding hydrogens is 468 g/mol. The monoisotopic (exact) mass is 499 g/mol. The second-order valence-corrected chi connectivity index (χ2v) is 8.52. The fraction of sp³-hybridized carbons (Fsp3) is 0.200. The first-order chi connectivity index (χ1) is 16.3. The molecule has 0 spiro atoms. The molecule has 2 nitrogen and oxygen atoms in total. The average Bonchev–Trinajstić information content (AvgIpc) is 3.46. The van der Waals surface area contributed by atoms with E-state index in [1.807, 2.05) is 12.1 Å². The number of benzene rings is 4. The molecule has 2 aliphatic carbocycles. The van der Waals surface area contributed by atoms with Gasteiger partial charge in [0.25, 0.3) is 0 Å². The van der Waals surface area contributed by atoms with E-state index in [-0.39, 0.29) is 21.7 Å². The molecule has 0 aliphatic heterocycles. The summed E-state index contributed by atoms with van der Waals surface area (Å²) in [5.41, 5.74) is 11.0. The van der Waals surface area contributed by atoms with E-state index in [0.29, 0.717) is 0 Å². The molecule has 0 atom stereocenters. The molecule has 0 unspecified atom stereocenters. The van der Waals surface area contributed by atoms with Crippen molar-refractivity contribution in [2.24, 2.45) is 0 Å². The first-order valence-corrected chi connectivity index (χ1v) is 13.3. The van der Waals surface area contributed by atoms with Crippen LogP contribution in [-0.4, -0.2) is 23.7 Å². The molecular formula is C30H31O2SiTi. The molecule has 4 aromatic rings. The largest absolute Gasteiger partial charge is 4.00 e. The Labute approximate surface area is 222 Å². The van der Waals surface area contributed by atoms with Gasteiger partial charge in [0, 0.05) is 9.52 Å². The quantitative estimate of drug-likeness (QED) is 0.227.